The molecular weight excluding hydrogens is 388 g/mol. The van der Waals surface area contributed by atoms with Crippen LogP contribution in [-0.2, 0) is 9.53 Å². The van der Waals surface area contributed by atoms with E-state index in [0.29, 0.717) is 54.1 Å². The maximum Gasteiger partial charge on any atom is 0.275 e. The van der Waals surface area contributed by atoms with Gasteiger partial charge in [-0.25, -0.2) is 9.97 Å². The predicted octanol–water partition coefficient (Wildman–Crippen LogP) is 4.66. The molecule has 2 saturated carbocycles. The number of carbonyl (C=O) groups is 1. The van der Waals surface area contributed by atoms with Crippen molar-refractivity contribution in [2.24, 2.45) is 17.3 Å². The number of nitrogens with zero attached hydrogens (tertiary/aromatic N) is 2. The molecule has 29 heavy (non-hydrogen) atoms. The highest BCUT2D eigenvalue weighted by molar-refractivity contribution is 7.19. The molecule has 0 amide bonds. The lowest BCUT2D eigenvalue weighted by Crippen LogP contribution is -2.36. The lowest BCUT2D eigenvalue weighted by atomic mass is 9.83. The van der Waals surface area contributed by atoms with Crippen molar-refractivity contribution < 1.29 is 19.0 Å². The summed E-state index contributed by atoms with van der Waals surface area (Å²) in [4.78, 5) is 21.1. The van der Waals surface area contributed by atoms with Gasteiger partial charge in [-0.1, -0.05) is 25.2 Å². The Morgan fingerprint density at radius 2 is 2.07 bits per heavy atom. The SMILES string of the molecule is CC(=O)C[C@@H](C)COC1CC(COc2ccc3nc(OCC4(C)CC4)sc3n2)C1. The monoisotopic (exact) mass is 418 g/mol. The number of Topliss-reactive ketones (excluding diaryl/α,β-unsaturated/α-hetero) is 1. The van der Waals surface area contributed by atoms with Crippen molar-refractivity contribution in [1.82, 2.24) is 9.97 Å². The van der Waals surface area contributed by atoms with E-state index in [0.717, 1.165) is 29.8 Å². The van der Waals surface area contributed by atoms with Gasteiger partial charge in [0.15, 0.2) is 4.83 Å². The number of pyridine rings is 1. The van der Waals surface area contributed by atoms with Crippen molar-refractivity contribution in [2.45, 2.75) is 59.0 Å². The molecule has 2 aromatic rings. The van der Waals surface area contributed by atoms with E-state index in [4.69, 9.17) is 14.2 Å². The quantitative estimate of drug-likeness (QED) is 0.529. The van der Waals surface area contributed by atoms with Crippen molar-refractivity contribution in [3.63, 3.8) is 0 Å². The number of hydrogen-bond donors (Lipinski definition) is 0. The highest BCUT2D eigenvalue weighted by Crippen LogP contribution is 2.45. The fourth-order valence-corrected chi connectivity index (χ4v) is 4.30. The van der Waals surface area contributed by atoms with Crippen LogP contribution in [0.1, 0.15) is 52.9 Å². The van der Waals surface area contributed by atoms with Crippen molar-refractivity contribution >= 4 is 27.5 Å². The van der Waals surface area contributed by atoms with Gasteiger partial charge in [-0.2, -0.15) is 0 Å². The topological polar surface area (TPSA) is 70.5 Å². The van der Waals surface area contributed by atoms with E-state index in [1.165, 1.54) is 24.2 Å². The minimum atomic E-state index is 0.224. The number of ketones is 1. The van der Waals surface area contributed by atoms with Gasteiger partial charge in [0.1, 0.15) is 11.3 Å². The zero-order valence-electron chi connectivity index (χ0n) is 17.5. The summed E-state index contributed by atoms with van der Waals surface area (Å²) >= 11 is 1.48. The molecule has 6 nitrogen and oxygen atoms in total. The highest BCUT2D eigenvalue weighted by Gasteiger charge is 2.38. The maximum atomic E-state index is 11.1. The third kappa shape index (κ3) is 5.66. The highest BCUT2D eigenvalue weighted by atomic mass is 32.1. The van der Waals surface area contributed by atoms with Gasteiger partial charge in [0.2, 0.25) is 5.88 Å². The van der Waals surface area contributed by atoms with Gasteiger partial charge in [0, 0.05) is 24.5 Å². The van der Waals surface area contributed by atoms with E-state index in [-0.39, 0.29) is 5.78 Å². The lowest BCUT2D eigenvalue weighted by molar-refractivity contribution is -0.119. The minimum Gasteiger partial charge on any atom is -0.477 e. The van der Waals surface area contributed by atoms with Crippen LogP contribution in [0.3, 0.4) is 0 Å². The molecule has 0 bridgehead atoms. The molecule has 0 N–H and O–H groups in total. The number of fused-ring (bicyclic) bond motifs is 1. The molecule has 0 aromatic carbocycles. The first-order valence-corrected chi connectivity index (χ1v) is 11.3. The number of rotatable bonds is 11. The third-order valence-corrected chi connectivity index (χ3v) is 6.65. The molecule has 0 aliphatic heterocycles. The summed E-state index contributed by atoms with van der Waals surface area (Å²) in [5, 5.41) is 0.691. The van der Waals surface area contributed by atoms with E-state index in [1.807, 2.05) is 12.1 Å². The summed E-state index contributed by atoms with van der Waals surface area (Å²) in [6.07, 6.45) is 5.37. The summed E-state index contributed by atoms with van der Waals surface area (Å²) in [6, 6.07) is 3.83. The molecule has 0 unspecified atom stereocenters. The Bertz CT molecular complexity index is 858. The van der Waals surface area contributed by atoms with Crippen LogP contribution in [0.15, 0.2) is 12.1 Å². The van der Waals surface area contributed by atoms with Gasteiger partial charge < -0.3 is 19.0 Å². The van der Waals surface area contributed by atoms with E-state index < -0.39 is 0 Å². The van der Waals surface area contributed by atoms with E-state index >= 15 is 0 Å². The Hall–Kier alpha value is -1.73. The lowest BCUT2D eigenvalue weighted by Gasteiger charge is -2.35. The number of thiazole rings is 1. The Morgan fingerprint density at radius 1 is 1.28 bits per heavy atom. The summed E-state index contributed by atoms with van der Waals surface area (Å²) in [5.41, 5.74) is 1.20. The minimum absolute atomic E-state index is 0.224. The zero-order chi connectivity index (χ0) is 20.4. The largest absolute Gasteiger partial charge is 0.477 e. The average molecular weight is 419 g/mol. The smallest absolute Gasteiger partial charge is 0.275 e. The van der Waals surface area contributed by atoms with E-state index in [1.54, 1.807) is 6.92 Å². The maximum absolute atomic E-state index is 11.1. The summed E-state index contributed by atoms with van der Waals surface area (Å²) < 4.78 is 17.6. The third-order valence-electron chi connectivity index (χ3n) is 5.77. The van der Waals surface area contributed by atoms with Gasteiger partial charge in [-0.15, -0.1) is 0 Å². The normalized spacial score (nSPS) is 23.4. The molecule has 7 heteroatoms. The van der Waals surface area contributed by atoms with Crippen molar-refractivity contribution in [2.75, 3.05) is 19.8 Å². The van der Waals surface area contributed by atoms with Crippen LogP contribution in [0.4, 0.5) is 0 Å². The Kier molecular flexibility index (Phi) is 6.06. The molecule has 2 aliphatic carbocycles. The van der Waals surface area contributed by atoms with Crippen molar-refractivity contribution in [1.29, 1.82) is 0 Å². The molecule has 4 rings (SSSR count). The second-order valence-corrected chi connectivity index (χ2v) is 10.1. The van der Waals surface area contributed by atoms with Crippen LogP contribution in [-0.4, -0.2) is 41.7 Å². The van der Waals surface area contributed by atoms with E-state index in [2.05, 4.69) is 23.8 Å². The van der Waals surface area contributed by atoms with Crippen LogP contribution < -0.4 is 9.47 Å². The van der Waals surface area contributed by atoms with Crippen LogP contribution in [0, 0.1) is 17.3 Å². The standard InChI is InChI=1S/C22H30N2O4S/c1-14(8-15(2)25)11-26-17-9-16(10-17)12-27-19-5-4-18-20(24-19)29-21(23-18)28-13-22(3)6-7-22/h4-5,14,16-17H,6-13H2,1-3H3/t14-,16?,17?/m1/s1. The van der Waals surface area contributed by atoms with Crippen LogP contribution in [0.2, 0.25) is 0 Å². The van der Waals surface area contributed by atoms with E-state index in [9.17, 15) is 4.79 Å². The number of aromatic nitrogens is 2. The van der Waals surface area contributed by atoms with Crippen LogP contribution in [0.25, 0.3) is 10.3 Å². The van der Waals surface area contributed by atoms with Gasteiger partial charge in [0.05, 0.1) is 19.3 Å². The van der Waals surface area contributed by atoms with Crippen LogP contribution >= 0.6 is 11.3 Å². The molecule has 0 spiro atoms. The molecule has 0 radical (unpaired) electrons. The Morgan fingerprint density at radius 3 is 2.79 bits per heavy atom. The number of hydrogen-bond acceptors (Lipinski definition) is 7. The predicted molar refractivity (Wildman–Crippen MR) is 113 cm³/mol. The van der Waals surface area contributed by atoms with Gasteiger partial charge >= 0.3 is 0 Å². The molecule has 2 fully saturated rings. The molecular formula is C22H30N2O4S. The van der Waals surface area contributed by atoms with Gasteiger partial charge in [-0.3, -0.25) is 0 Å². The molecule has 0 saturated heterocycles. The first-order valence-electron chi connectivity index (χ1n) is 10.5. The molecule has 2 aliphatic rings. The van der Waals surface area contributed by atoms with Crippen molar-refractivity contribution in [3.8, 4) is 11.1 Å². The average Bonchev–Trinajstić information content (AvgIpc) is 3.23. The molecule has 2 heterocycles. The fourth-order valence-electron chi connectivity index (χ4n) is 3.52. The second-order valence-electron chi connectivity index (χ2n) is 9.17. The Balaban J connectivity index is 1.19. The second kappa shape index (κ2) is 8.56. The van der Waals surface area contributed by atoms with Crippen LogP contribution in [0.5, 0.6) is 11.1 Å². The van der Waals surface area contributed by atoms with Gasteiger partial charge in [-0.05, 0) is 50.5 Å². The molecule has 158 valence electrons. The summed E-state index contributed by atoms with van der Waals surface area (Å²) in [5.74, 6) is 1.66. The first-order chi connectivity index (χ1) is 13.9. The molecule has 1 atom stereocenters. The number of ether oxygens (including phenoxy) is 3. The fraction of sp³-hybridized carbons (Fsp3) is 0.682. The zero-order valence-corrected chi connectivity index (χ0v) is 18.3. The molecule has 2 aromatic heterocycles. The first kappa shape index (κ1) is 20.5. The Labute approximate surface area is 176 Å². The summed E-state index contributed by atoms with van der Waals surface area (Å²) in [7, 11) is 0. The van der Waals surface area contributed by atoms with Crippen molar-refractivity contribution in [3.05, 3.63) is 12.1 Å². The van der Waals surface area contributed by atoms with Gasteiger partial charge in [0.25, 0.3) is 5.19 Å². The number of carbonyl (C=O) groups excluding carboxylic acids is 1. The summed E-state index contributed by atoms with van der Waals surface area (Å²) in [6.45, 7) is 7.98.